The molecule has 0 aliphatic heterocycles. The molecule has 25 heavy (non-hydrogen) atoms. The van der Waals surface area contributed by atoms with E-state index < -0.39 is 5.60 Å². The molecule has 0 amide bonds. The molecule has 4 saturated carbocycles. The number of hydrogen-bond donors (Lipinski definition) is 3. The van der Waals surface area contributed by atoms with E-state index in [9.17, 15) is 5.11 Å². The van der Waals surface area contributed by atoms with Crippen molar-refractivity contribution in [3.05, 3.63) is 0 Å². The van der Waals surface area contributed by atoms with E-state index in [4.69, 9.17) is 5.11 Å². The maximum Gasteiger partial charge on any atom is 0.0827 e. The van der Waals surface area contributed by atoms with Crippen molar-refractivity contribution < 1.29 is 10.2 Å². The van der Waals surface area contributed by atoms with Gasteiger partial charge in [-0.2, -0.15) is 0 Å². The average Bonchev–Trinajstić information content (AvgIpc) is 2.86. The van der Waals surface area contributed by atoms with Gasteiger partial charge in [-0.15, -0.1) is 0 Å². The van der Waals surface area contributed by atoms with Gasteiger partial charge in [0, 0.05) is 18.5 Å². The van der Waals surface area contributed by atoms with Crippen LogP contribution in [0.25, 0.3) is 0 Å². The molecule has 4 rings (SSSR count). The van der Waals surface area contributed by atoms with Gasteiger partial charge in [-0.1, -0.05) is 26.7 Å². The van der Waals surface area contributed by atoms with E-state index in [-0.39, 0.29) is 12.0 Å². The van der Waals surface area contributed by atoms with E-state index in [1.807, 2.05) is 0 Å². The van der Waals surface area contributed by atoms with Gasteiger partial charge >= 0.3 is 0 Å². The molecule has 0 aromatic rings. The van der Waals surface area contributed by atoms with E-state index in [1.54, 1.807) is 0 Å². The predicted molar refractivity (Wildman–Crippen MR) is 101 cm³/mol. The minimum atomic E-state index is -0.581. The Balaban J connectivity index is 1.55. The molecule has 0 spiro atoms. The van der Waals surface area contributed by atoms with Gasteiger partial charge in [0.1, 0.15) is 0 Å². The number of hydrogen-bond acceptors (Lipinski definition) is 3. The Morgan fingerprint density at radius 3 is 2.52 bits per heavy atom. The van der Waals surface area contributed by atoms with Gasteiger partial charge in [0.2, 0.25) is 0 Å². The first kappa shape index (κ1) is 18.3. The molecule has 3 heteroatoms. The van der Waals surface area contributed by atoms with Crippen molar-refractivity contribution in [2.24, 2.45) is 34.5 Å². The molecule has 4 aliphatic rings. The molecule has 4 unspecified atom stereocenters. The van der Waals surface area contributed by atoms with E-state index in [0.717, 1.165) is 24.2 Å². The second kappa shape index (κ2) is 6.49. The summed E-state index contributed by atoms with van der Waals surface area (Å²) in [7, 11) is 0. The Morgan fingerprint density at radius 1 is 0.920 bits per heavy atom. The fraction of sp³-hybridized carbons (Fsp3) is 1.00. The number of aliphatic hydroxyl groups is 2. The van der Waals surface area contributed by atoms with Crippen LogP contribution in [0.15, 0.2) is 0 Å². The van der Waals surface area contributed by atoms with Crippen molar-refractivity contribution in [1.82, 2.24) is 5.32 Å². The molecule has 0 heterocycles. The summed E-state index contributed by atoms with van der Waals surface area (Å²) in [6.07, 6.45) is 13.3. The first-order valence-corrected chi connectivity index (χ1v) is 11.0. The van der Waals surface area contributed by atoms with Crippen LogP contribution in [0, 0.1) is 34.5 Å². The zero-order valence-corrected chi connectivity index (χ0v) is 16.4. The highest BCUT2D eigenvalue weighted by atomic mass is 16.3. The SMILES string of the molecule is C[C@]12CCC3C(CC[C@H]4CCCC[C@]34C)C1CCC2(O)CNCCO. The van der Waals surface area contributed by atoms with Gasteiger partial charge in [0.15, 0.2) is 0 Å². The van der Waals surface area contributed by atoms with Crippen LogP contribution >= 0.6 is 0 Å². The second-order valence-electron chi connectivity index (χ2n) is 10.3. The summed E-state index contributed by atoms with van der Waals surface area (Å²) in [4.78, 5) is 0. The van der Waals surface area contributed by atoms with Crippen LogP contribution in [0.4, 0.5) is 0 Å². The summed E-state index contributed by atoms with van der Waals surface area (Å²) in [5, 5.41) is 23.9. The van der Waals surface area contributed by atoms with Crippen molar-refractivity contribution in [3.8, 4) is 0 Å². The molecular formula is C22H39NO2. The summed E-state index contributed by atoms with van der Waals surface area (Å²) in [6, 6.07) is 0. The minimum Gasteiger partial charge on any atom is -0.395 e. The monoisotopic (exact) mass is 349 g/mol. The largest absolute Gasteiger partial charge is 0.395 e. The predicted octanol–water partition coefficient (Wildman–Crippen LogP) is 3.73. The Kier molecular flexibility index (Phi) is 4.74. The smallest absolute Gasteiger partial charge is 0.0827 e. The normalized spacial score (nSPS) is 52.3. The fourth-order valence-electron chi connectivity index (χ4n) is 8.07. The van der Waals surface area contributed by atoms with Crippen LogP contribution in [-0.2, 0) is 0 Å². The van der Waals surface area contributed by atoms with Gasteiger partial charge in [-0.25, -0.2) is 0 Å². The molecule has 4 fully saturated rings. The summed E-state index contributed by atoms with van der Waals surface area (Å²) in [5.74, 6) is 3.41. The fourth-order valence-corrected chi connectivity index (χ4v) is 8.07. The highest BCUT2D eigenvalue weighted by molar-refractivity contribution is 5.14. The van der Waals surface area contributed by atoms with Crippen LogP contribution in [0.3, 0.4) is 0 Å². The second-order valence-corrected chi connectivity index (χ2v) is 10.3. The zero-order chi connectivity index (χ0) is 17.7. The lowest BCUT2D eigenvalue weighted by Crippen LogP contribution is -2.58. The standard InChI is InChI=1S/C22H39NO2/c1-20-10-4-3-5-16(20)6-7-17-18(20)8-11-21(2)19(17)9-12-22(21,25)15-23-13-14-24/h16-19,23-25H,3-15H2,1-2H3/t16-,17?,18?,19?,20+,21+,22?/m1/s1. The first-order valence-electron chi connectivity index (χ1n) is 11.0. The number of rotatable bonds is 4. The summed E-state index contributed by atoms with van der Waals surface area (Å²) >= 11 is 0. The minimum absolute atomic E-state index is 0.0640. The lowest BCUT2D eigenvalue weighted by atomic mass is 9.44. The average molecular weight is 350 g/mol. The van der Waals surface area contributed by atoms with E-state index >= 15 is 0 Å². The molecule has 0 aromatic carbocycles. The lowest BCUT2D eigenvalue weighted by molar-refractivity contribution is -0.150. The third-order valence-corrected chi connectivity index (χ3v) is 9.61. The maximum absolute atomic E-state index is 11.5. The van der Waals surface area contributed by atoms with Crippen molar-refractivity contribution >= 4 is 0 Å². The zero-order valence-electron chi connectivity index (χ0n) is 16.4. The van der Waals surface area contributed by atoms with Crippen molar-refractivity contribution in [1.29, 1.82) is 0 Å². The van der Waals surface area contributed by atoms with Gasteiger partial charge in [-0.05, 0) is 80.5 Å². The van der Waals surface area contributed by atoms with Gasteiger partial charge in [0.05, 0.1) is 12.2 Å². The molecule has 0 bridgehead atoms. The molecule has 3 nitrogen and oxygen atoms in total. The number of nitrogens with one attached hydrogen (secondary N) is 1. The van der Waals surface area contributed by atoms with Crippen molar-refractivity contribution in [3.63, 3.8) is 0 Å². The number of aliphatic hydroxyl groups excluding tert-OH is 1. The molecule has 0 aromatic heterocycles. The van der Waals surface area contributed by atoms with Crippen LogP contribution in [0.2, 0.25) is 0 Å². The summed E-state index contributed by atoms with van der Waals surface area (Å²) < 4.78 is 0. The Morgan fingerprint density at radius 2 is 1.72 bits per heavy atom. The lowest BCUT2D eigenvalue weighted by Gasteiger charge is -2.61. The van der Waals surface area contributed by atoms with E-state index in [0.29, 0.717) is 24.4 Å². The Labute approximate surface area is 154 Å². The van der Waals surface area contributed by atoms with E-state index in [1.165, 1.54) is 57.8 Å². The van der Waals surface area contributed by atoms with Crippen LogP contribution in [-0.4, -0.2) is 35.5 Å². The topological polar surface area (TPSA) is 52.5 Å². The third-order valence-electron chi connectivity index (χ3n) is 9.61. The molecule has 0 saturated heterocycles. The molecule has 3 N–H and O–H groups in total. The Bertz CT molecular complexity index is 496. The number of fused-ring (bicyclic) bond motifs is 5. The Hall–Kier alpha value is -0.120. The van der Waals surface area contributed by atoms with Gasteiger partial charge < -0.3 is 15.5 Å². The van der Waals surface area contributed by atoms with Gasteiger partial charge in [0.25, 0.3) is 0 Å². The molecule has 0 radical (unpaired) electrons. The molecular weight excluding hydrogens is 310 g/mol. The molecule has 7 atom stereocenters. The third kappa shape index (κ3) is 2.63. The summed E-state index contributed by atoms with van der Waals surface area (Å²) in [5.41, 5.74) is 0.0644. The van der Waals surface area contributed by atoms with Crippen molar-refractivity contribution in [2.75, 3.05) is 19.7 Å². The maximum atomic E-state index is 11.5. The van der Waals surface area contributed by atoms with E-state index in [2.05, 4.69) is 19.2 Å². The van der Waals surface area contributed by atoms with Crippen molar-refractivity contribution in [2.45, 2.75) is 83.7 Å². The highest BCUT2D eigenvalue weighted by Crippen LogP contribution is 2.68. The van der Waals surface area contributed by atoms with Crippen LogP contribution in [0.5, 0.6) is 0 Å². The molecule has 144 valence electrons. The van der Waals surface area contributed by atoms with Crippen LogP contribution in [0.1, 0.15) is 78.1 Å². The first-order chi connectivity index (χ1) is 11.9. The molecule has 4 aliphatic carbocycles. The quantitative estimate of drug-likeness (QED) is 0.678. The highest BCUT2D eigenvalue weighted by Gasteiger charge is 2.64. The summed E-state index contributed by atoms with van der Waals surface area (Å²) in [6.45, 7) is 6.41. The van der Waals surface area contributed by atoms with Crippen LogP contribution < -0.4 is 5.32 Å². The van der Waals surface area contributed by atoms with Gasteiger partial charge in [-0.3, -0.25) is 0 Å².